The molecule has 0 aliphatic heterocycles. The number of nitrogens with zero attached hydrogens (tertiary/aromatic N) is 1. The summed E-state index contributed by atoms with van der Waals surface area (Å²) in [5.41, 5.74) is -6.86. The van der Waals surface area contributed by atoms with Crippen molar-refractivity contribution in [3.63, 3.8) is 0 Å². The maximum absolute atomic E-state index is 13.4. The third kappa shape index (κ3) is 3.70. The molecule has 0 saturated heterocycles. The van der Waals surface area contributed by atoms with Gasteiger partial charge in [0.25, 0.3) is 0 Å². The van der Waals surface area contributed by atoms with Crippen molar-refractivity contribution in [1.29, 1.82) is 0 Å². The molecule has 5 nitrogen and oxygen atoms in total. The van der Waals surface area contributed by atoms with E-state index in [9.17, 15) is 35.2 Å². The first-order chi connectivity index (χ1) is 8.99. The normalized spacial score (nSPS) is 13.2. The van der Waals surface area contributed by atoms with E-state index in [-0.39, 0.29) is 5.56 Å². The quantitative estimate of drug-likeness (QED) is 0.358. The van der Waals surface area contributed by atoms with Crippen LogP contribution in [-0.2, 0) is 20.2 Å². The fraction of sp³-hybridized carbons (Fsp3) is 0.333. The minimum Gasteiger partial charge on any atom is -0.298 e. The Morgan fingerprint density at radius 1 is 1.20 bits per heavy atom. The molecule has 1 rings (SSSR count). The summed E-state index contributed by atoms with van der Waals surface area (Å²) in [5, 5.41) is 0. The smallest absolute Gasteiger partial charge is 0.298 e. The maximum Gasteiger partial charge on any atom is 0.523 e. The average molecular weight is 319 g/mol. The van der Waals surface area contributed by atoms with Gasteiger partial charge >= 0.3 is 21.5 Å². The monoisotopic (exact) mass is 319 g/mol. The maximum atomic E-state index is 13.4. The molecule has 0 unspecified atom stereocenters. The number of carbonyl (C=O) groups excluding carboxylic acids is 1. The Labute approximate surface area is 109 Å². The van der Waals surface area contributed by atoms with Gasteiger partial charge in [-0.25, -0.2) is 0 Å². The highest BCUT2D eigenvalue weighted by Gasteiger charge is 2.49. The Bertz CT molecular complexity index is 581. The molecule has 0 N–H and O–H groups in total. The fourth-order valence-corrected chi connectivity index (χ4v) is 1.42. The lowest BCUT2D eigenvalue weighted by molar-refractivity contribution is -0.0762. The molecule has 0 aromatic carbocycles. The predicted octanol–water partition coefficient (Wildman–Crippen LogP) is 1.85. The molecule has 0 atom stereocenters. The van der Waals surface area contributed by atoms with E-state index < -0.39 is 33.8 Å². The average Bonchev–Trinajstić information content (AvgIpc) is 2.35. The third-order valence-electron chi connectivity index (χ3n) is 1.98. The largest absolute Gasteiger partial charge is 0.523 e. The summed E-state index contributed by atoms with van der Waals surface area (Å²) in [6.07, 6.45) is 1.08. The molecule has 0 amide bonds. The topological polar surface area (TPSA) is 73.3 Å². The summed E-state index contributed by atoms with van der Waals surface area (Å²) in [7, 11) is -6.12. The molecular weight excluding hydrogens is 313 g/mol. The molecule has 11 heteroatoms. The Morgan fingerprint density at radius 3 is 2.20 bits per heavy atom. The highest BCUT2D eigenvalue weighted by molar-refractivity contribution is 7.87. The molecule has 0 saturated carbocycles. The summed E-state index contributed by atoms with van der Waals surface area (Å²) < 4.78 is 86.7. The molecule has 1 heterocycles. The minimum atomic E-state index is -6.12. The van der Waals surface area contributed by atoms with E-state index in [1.165, 1.54) is 0 Å². The second-order valence-electron chi connectivity index (χ2n) is 3.46. The highest BCUT2D eigenvalue weighted by Crippen LogP contribution is 2.30. The summed E-state index contributed by atoms with van der Waals surface area (Å²) >= 11 is 0. The van der Waals surface area contributed by atoms with E-state index in [1.807, 2.05) is 0 Å². The van der Waals surface area contributed by atoms with Gasteiger partial charge in [0.05, 0.1) is 0 Å². The van der Waals surface area contributed by atoms with E-state index in [2.05, 4.69) is 9.17 Å². The van der Waals surface area contributed by atoms with Crippen molar-refractivity contribution in [2.45, 2.75) is 11.4 Å². The van der Waals surface area contributed by atoms with E-state index in [4.69, 9.17) is 0 Å². The van der Waals surface area contributed by atoms with Crippen LogP contribution in [0.5, 0.6) is 0 Å². The van der Waals surface area contributed by atoms with Gasteiger partial charge in [0, 0.05) is 11.8 Å². The van der Waals surface area contributed by atoms with Crippen LogP contribution in [0, 0.1) is 0 Å². The minimum absolute atomic E-state index is 0.0339. The van der Waals surface area contributed by atoms with Crippen molar-refractivity contribution < 1.29 is 39.3 Å². The van der Waals surface area contributed by atoms with Crippen LogP contribution in [0.3, 0.4) is 0 Å². The van der Waals surface area contributed by atoms with Gasteiger partial charge in [0.15, 0.2) is 6.29 Å². The van der Waals surface area contributed by atoms with E-state index in [1.54, 1.807) is 0 Å². The third-order valence-corrected chi connectivity index (χ3v) is 2.97. The summed E-state index contributed by atoms with van der Waals surface area (Å²) in [6.45, 7) is -2.05. The van der Waals surface area contributed by atoms with Crippen LogP contribution in [-0.4, -0.2) is 31.8 Å². The van der Waals surface area contributed by atoms with Crippen molar-refractivity contribution in [2.75, 3.05) is 6.61 Å². The molecule has 0 bridgehead atoms. The lowest BCUT2D eigenvalue weighted by Gasteiger charge is -2.16. The number of hydrogen-bond acceptors (Lipinski definition) is 5. The van der Waals surface area contributed by atoms with Crippen LogP contribution in [0.15, 0.2) is 18.3 Å². The van der Waals surface area contributed by atoms with E-state index in [0.29, 0.717) is 12.4 Å². The Kier molecular flexibility index (Phi) is 4.44. The molecular formula is C9H6F5NO4S. The summed E-state index contributed by atoms with van der Waals surface area (Å²) in [5.74, 6) is -4.07. The zero-order valence-corrected chi connectivity index (χ0v) is 10.2. The second-order valence-corrected chi connectivity index (χ2v) is 5.07. The molecule has 0 aliphatic rings. The molecule has 0 radical (unpaired) electrons. The SMILES string of the molecule is O=Cc1ccc(C(F)(F)COS(=O)(=O)C(F)(F)F)nc1. The van der Waals surface area contributed by atoms with Gasteiger partial charge in [0.2, 0.25) is 0 Å². The van der Waals surface area contributed by atoms with Crippen molar-refractivity contribution in [2.24, 2.45) is 0 Å². The number of alkyl halides is 5. The molecule has 0 aliphatic carbocycles. The Balaban J connectivity index is 2.87. The van der Waals surface area contributed by atoms with Crippen LogP contribution in [0.1, 0.15) is 16.1 Å². The van der Waals surface area contributed by atoms with E-state index >= 15 is 0 Å². The van der Waals surface area contributed by atoms with Gasteiger partial charge in [-0.15, -0.1) is 0 Å². The molecule has 112 valence electrons. The molecule has 20 heavy (non-hydrogen) atoms. The Morgan fingerprint density at radius 2 is 1.80 bits per heavy atom. The van der Waals surface area contributed by atoms with Crippen LogP contribution in [0.2, 0.25) is 0 Å². The van der Waals surface area contributed by atoms with Crippen molar-refractivity contribution in [3.05, 3.63) is 29.6 Å². The van der Waals surface area contributed by atoms with E-state index in [0.717, 1.165) is 12.3 Å². The molecule has 0 fully saturated rings. The first-order valence-corrected chi connectivity index (χ1v) is 6.16. The van der Waals surface area contributed by atoms with Crippen LogP contribution >= 0.6 is 0 Å². The predicted molar refractivity (Wildman–Crippen MR) is 54.4 cm³/mol. The van der Waals surface area contributed by atoms with Crippen LogP contribution in [0.25, 0.3) is 0 Å². The number of halogens is 5. The molecule has 1 aromatic rings. The Hall–Kier alpha value is -1.62. The van der Waals surface area contributed by atoms with Gasteiger partial charge < -0.3 is 0 Å². The van der Waals surface area contributed by atoms with Gasteiger partial charge in [-0.3, -0.25) is 14.0 Å². The number of hydrogen-bond donors (Lipinski definition) is 0. The zero-order chi connectivity index (χ0) is 15.6. The number of rotatable bonds is 5. The second kappa shape index (κ2) is 5.40. The van der Waals surface area contributed by atoms with Crippen LogP contribution in [0.4, 0.5) is 22.0 Å². The standard InChI is InChI=1S/C9H6F5NO4S/c10-8(11,5-19-20(17,18)9(12,13)14)7-2-1-6(4-16)3-15-7/h1-4H,5H2. The first-order valence-electron chi connectivity index (χ1n) is 4.75. The number of aldehydes is 1. The van der Waals surface area contributed by atoms with Gasteiger partial charge in [-0.1, -0.05) is 0 Å². The van der Waals surface area contributed by atoms with Gasteiger partial charge in [-0.05, 0) is 12.1 Å². The van der Waals surface area contributed by atoms with Gasteiger partial charge in [-0.2, -0.15) is 30.4 Å². The zero-order valence-electron chi connectivity index (χ0n) is 9.39. The highest BCUT2D eigenvalue weighted by atomic mass is 32.2. The number of pyridine rings is 1. The summed E-state index contributed by atoms with van der Waals surface area (Å²) in [6, 6.07) is 1.62. The number of aromatic nitrogens is 1. The lowest BCUT2D eigenvalue weighted by atomic mass is 10.2. The first kappa shape index (κ1) is 16.4. The van der Waals surface area contributed by atoms with Crippen molar-refractivity contribution >= 4 is 16.4 Å². The van der Waals surface area contributed by atoms with Crippen molar-refractivity contribution in [3.8, 4) is 0 Å². The fourth-order valence-electron chi connectivity index (χ4n) is 0.984. The lowest BCUT2D eigenvalue weighted by Crippen LogP contribution is -2.31. The number of carbonyl (C=O) groups is 1. The summed E-state index contributed by atoms with van der Waals surface area (Å²) in [4.78, 5) is 13.4. The molecule has 0 spiro atoms. The van der Waals surface area contributed by atoms with Crippen molar-refractivity contribution in [1.82, 2.24) is 4.98 Å². The van der Waals surface area contributed by atoms with Gasteiger partial charge in [0.1, 0.15) is 12.3 Å². The van der Waals surface area contributed by atoms with Crippen LogP contribution < -0.4 is 0 Å². The molecule has 1 aromatic heterocycles.